The van der Waals surface area contributed by atoms with Crippen LogP contribution in [-0.2, 0) is 10.2 Å². The van der Waals surface area contributed by atoms with E-state index < -0.39 is 23.6 Å². The number of benzene rings is 1. The lowest BCUT2D eigenvalue weighted by molar-refractivity contribution is 0.0974. The Kier molecular flexibility index (Phi) is 8.58. The molecule has 0 unspecified atom stereocenters. The molecule has 0 bridgehead atoms. The van der Waals surface area contributed by atoms with Crippen LogP contribution in [0.5, 0.6) is 0 Å². The Balaban J connectivity index is 1.73. The van der Waals surface area contributed by atoms with Gasteiger partial charge in [-0.25, -0.2) is 18.6 Å². The van der Waals surface area contributed by atoms with Crippen LogP contribution in [0.4, 0.5) is 19.4 Å². The molecule has 8 nitrogen and oxygen atoms in total. The van der Waals surface area contributed by atoms with Gasteiger partial charge in [0, 0.05) is 29.5 Å². The molecule has 1 aliphatic carbocycles. The Morgan fingerprint density at radius 2 is 1.86 bits per heavy atom. The monoisotopic (exact) mass is 490 g/mol. The van der Waals surface area contributed by atoms with Gasteiger partial charge in [-0.2, -0.15) is 0 Å². The first-order valence-corrected chi connectivity index (χ1v) is 11.8. The minimum absolute atomic E-state index is 0.0190. The number of nitrogens with zero attached hydrogens (tertiary/aromatic N) is 2. The van der Waals surface area contributed by atoms with Gasteiger partial charge < -0.3 is 19.9 Å². The summed E-state index contributed by atoms with van der Waals surface area (Å²) in [6.07, 6.45) is 3.18. The molecule has 2 aromatic rings. The summed E-state index contributed by atoms with van der Waals surface area (Å²) in [6, 6.07) is 4.72. The second kappa shape index (κ2) is 11.4. The Morgan fingerprint density at radius 3 is 2.46 bits per heavy atom. The van der Waals surface area contributed by atoms with E-state index in [9.17, 15) is 18.4 Å². The number of aliphatic imine (C=N–C) groups is 1. The predicted octanol–water partition coefficient (Wildman–Crippen LogP) is 5.41. The maximum atomic E-state index is 13.6. The number of nitrogens with one attached hydrogen (secondary N) is 2. The lowest BCUT2D eigenvalue weighted by atomic mass is 9.84. The van der Waals surface area contributed by atoms with Crippen LogP contribution in [0.15, 0.2) is 33.8 Å². The number of alkyl carbamates (subject to hydrolysis) is 1. The van der Waals surface area contributed by atoms with Gasteiger partial charge in [-0.3, -0.25) is 4.79 Å². The maximum Gasteiger partial charge on any atom is 0.407 e. The average molecular weight is 491 g/mol. The molecule has 0 atom stereocenters. The molecule has 0 aliphatic heterocycles. The van der Waals surface area contributed by atoms with Crippen LogP contribution in [0, 0.1) is 17.6 Å². The van der Waals surface area contributed by atoms with Crippen molar-refractivity contribution in [3.63, 3.8) is 0 Å². The highest BCUT2D eigenvalue weighted by Crippen LogP contribution is 2.29. The average Bonchev–Trinajstić information content (AvgIpc) is 3.26. The summed E-state index contributed by atoms with van der Waals surface area (Å²) in [5.74, 6) is -1.21. The molecule has 1 aromatic carbocycles. The van der Waals surface area contributed by atoms with Crippen LogP contribution in [0.3, 0.4) is 0 Å². The first-order valence-electron chi connectivity index (χ1n) is 11.8. The van der Waals surface area contributed by atoms with Crippen LogP contribution in [0.1, 0.15) is 75.9 Å². The number of aromatic nitrogens is 1. The molecule has 1 fully saturated rings. The van der Waals surface area contributed by atoms with E-state index in [1.165, 1.54) is 6.07 Å². The van der Waals surface area contributed by atoms with Crippen molar-refractivity contribution in [1.29, 1.82) is 0 Å². The number of amidine groups is 1. The van der Waals surface area contributed by atoms with Crippen molar-refractivity contribution in [3.05, 3.63) is 47.2 Å². The molecule has 2 amide bonds. The molecule has 35 heavy (non-hydrogen) atoms. The van der Waals surface area contributed by atoms with E-state index in [2.05, 4.69) is 20.8 Å². The second-order valence-electron chi connectivity index (χ2n) is 9.73. The molecule has 10 heteroatoms. The fourth-order valence-corrected chi connectivity index (χ4v) is 3.90. The standard InChI is InChI=1S/C25H32F2N4O4/c1-5-34-24(33)28-17-9-6-15(7-10-17)12-21(29-22-14-20(35-31-22)25(2,3)4)30-23(32)16-8-11-18(26)19(27)13-16/h8,11,13-15,17H,5-7,9-10,12H2,1-4H3,(H,28,33)(H,29,30,31,32). The van der Waals surface area contributed by atoms with E-state index >= 15 is 0 Å². The van der Waals surface area contributed by atoms with Gasteiger partial charge in [-0.05, 0) is 56.7 Å². The van der Waals surface area contributed by atoms with Crippen molar-refractivity contribution in [3.8, 4) is 0 Å². The zero-order chi connectivity index (χ0) is 25.6. The number of amides is 2. The molecule has 0 radical (unpaired) electrons. The van der Waals surface area contributed by atoms with Crippen molar-refractivity contribution < 1.29 is 27.6 Å². The number of carbonyl (C=O) groups excluding carboxylic acids is 2. The van der Waals surface area contributed by atoms with E-state index in [0.29, 0.717) is 30.4 Å². The first-order chi connectivity index (χ1) is 16.5. The van der Waals surface area contributed by atoms with Gasteiger partial charge in [0.05, 0.1) is 6.61 Å². The van der Waals surface area contributed by atoms with Crippen molar-refractivity contribution in [2.45, 2.75) is 71.3 Å². The molecule has 0 saturated heterocycles. The highest BCUT2D eigenvalue weighted by molar-refractivity contribution is 6.07. The van der Waals surface area contributed by atoms with E-state index in [1.54, 1.807) is 13.0 Å². The molecule has 1 aliphatic rings. The normalized spacial score (nSPS) is 18.7. The van der Waals surface area contributed by atoms with Gasteiger partial charge in [0.1, 0.15) is 11.6 Å². The highest BCUT2D eigenvalue weighted by atomic mass is 19.2. The van der Waals surface area contributed by atoms with Crippen molar-refractivity contribution in [2.75, 3.05) is 6.61 Å². The summed E-state index contributed by atoms with van der Waals surface area (Å²) in [6.45, 7) is 8.02. The number of ether oxygens (including phenoxy) is 1. The first kappa shape index (κ1) is 26.3. The smallest absolute Gasteiger partial charge is 0.407 e. The second-order valence-corrected chi connectivity index (χ2v) is 9.73. The van der Waals surface area contributed by atoms with E-state index in [-0.39, 0.29) is 22.9 Å². The molecular formula is C25H32F2N4O4. The van der Waals surface area contributed by atoms with Crippen molar-refractivity contribution in [1.82, 2.24) is 15.8 Å². The Bertz CT molecular complexity index is 1070. The van der Waals surface area contributed by atoms with Crippen LogP contribution in [0.2, 0.25) is 0 Å². The quantitative estimate of drug-likeness (QED) is 0.416. The van der Waals surface area contributed by atoms with Gasteiger partial charge in [-0.15, -0.1) is 0 Å². The topological polar surface area (TPSA) is 106 Å². The van der Waals surface area contributed by atoms with Crippen LogP contribution in [-0.4, -0.2) is 35.6 Å². The number of hydrogen-bond donors (Lipinski definition) is 2. The maximum absolute atomic E-state index is 13.6. The number of halogens is 2. The molecule has 0 spiro atoms. The fourth-order valence-electron chi connectivity index (χ4n) is 3.90. The van der Waals surface area contributed by atoms with Gasteiger partial charge in [0.2, 0.25) is 0 Å². The summed E-state index contributed by atoms with van der Waals surface area (Å²) < 4.78 is 37.3. The fraction of sp³-hybridized carbons (Fsp3) is 0.520. The third-order valence-electron chi connectivity index (χ3n) is 5.85. The number of rotatable bonds is 6. The zero-order valence-corrected chi connectivity index (χ0v) is 20.5. The van der Waals surface area contributed by atoms with Crippen molar-refractivity contribution in [2.24, 2.45) is 10.9 Å². The summed E-state index contributed by atoms with van der Waals surface area (Å²) in [5.41, 5.74) is -0.283. The van der Waals surface area contributed by atoms with Crippen LogP contribution >= 0.6 is 0 Å². The summed E-state index contributed by atoms with van der Waals surface area (Å²) in [5, 5.41) is 9.60. The molecule has 1 heterocycles. The summed E-state index contributed by atoms with van der Waals surface area (Å²) >= 11 is 0. The lowest BCUT2D eigenvalue weighted by Gasteiger charge is -2.29. The molecule has 1 saturated carbocycles. The van der Waals surface area contributed by atoms with Gasteiger partial charge in [0.25, 0.3) is 5.91 Å². The number of carbonyl (C=O) groups is 2. The molecule has 1 aromatic heterocycles. The minimum Gasteiger partial charge on any atom is -0.450 e. The Hall–Kier alpha value is -3.30. The van der Waals surface area contributed by atoms with Gasteiger partial charge in [-0.1, -0.05) is 25.9 Å². The van der Waals surface area contributed by atoms with E-state index in [4.69, 9.17) is 9.26 Å². The van der Waals surface area contributed by atoms with Crippen LogP contribution < -0.4 is 10.6 Å². The highest BCUT2D eigenvalue weighted by Gasteiger charge is 2.25. The zero-order valence-electron chi connectivity index (χ0n) is 20.5. The SMILES string of the molecule is CCOC(=O)NC1CCC(CC(=Nc2cc(C(C)(C)C)on2)NC(=O)c2ccc(F)c(F)c2)CC1. The van der Waals surface area contributed by atoms with E-state index in [0.717, 1.165) is 37.8 Å². The Labute approximate surface area is 203 Å². The lowest BCUT2D eigenvalue weighted by Crippen LogP contribution is -2.39. The van der Waals surface area contributed by atoms with E-state index in [1.807, 2.05) is 20.8 Å². The third-order valence-corrected chi connectivity index (χ3v) is 5.85. The largest absolute Gasteiger partial charge is 0.450 e. The summed E-state index contributed by atoms with van der Waals surface area (Å²) in [7, 11) is 0. The summed E-state index contributed by atoms with van der Waals surface area (Å²) in [4.78, 5) is 29.0. The number of hydrogen-bond acceptors (Lipinski definition) is 6. The van der Waals surface area contributed by atoms with Crippen molar-refractivity contribution >= 4 is 23.7 Å². The third kappa shape index (κ3) is 7.60. The Morgan fingerprint density at radius 1 is 1.14 bits per heavy atom. The molecule has 3 rings (SSSR count). The minimum atomic E-state index is -1.10. The van der Waals surface area contributed by atoms with Gasteiger partial charge >= 0.3 is 6.09 Å². The van der Waals surface area contributed by atoms with Crippen LogP contribution in [0.25, 0.3) is 0 Å². The molecule has 2 N–H and O–H groups in total. The molecular weight excluding hydrogens is 458 g/mol. The van der Waals surface area contributed by atoms with Gasteiger partial charge in [0.15, 0.2) is 17.5 Å². The predicted molar refractivity (Wildman–Crippen MR) is 127 cm³/mol. The molecule has 190 valence electrons.